The summed E-state index contributed by atoms with van der Waals surface area (Å²) in [5.74, 6) is 0. The summed E-state index contributed by atoms with van der Waals surface area (Å²) in [4.78, 5) is 2.33. The van der Waals surface area contributed by atoms with Crippen LogP contribution in [0, 0.1) is 0 Å². The fourth-order valence-corrected chi connectivity index (χ4v) is 7.05. The van der Waals surface area contributed by atoms with Crippen molar-refractivity contribution in [1.82, 2.24) is 4.57 Å². The van der Waals surface area contributed by atoms with Crippen molar-refractivity contribution in [2.24, 2.45) is 0 Å². The molecule has 0 amide bonds. The first-order chi connectivity index (χ1) is 24.8. The Balaban J connectivity index is 1.04. The van der Waals surface area contributed by atoms with E-state index in [0.717, 1.165) is 22.7 Å². The molecule has 0 fully saturated rings. The molecular weight excluding hydrogens is 605 g/mol. The van der Waals surface area contributed by atoms with Gasteiger partial charge in [0.1, 0.15) is 0 Å². The smallest absolute Gasteiger partial charge is 0.0606 e. The molecule has 0 spiro atoms. The standard InChI is InChI=1S/C48H34N2/c1-3-9-35(10-4-1)37-19-27-44(28-20-37)50(45-29-21-38(22-30-45)36-11-5-2-6-12-36)46-31-23-40(24-32-46)39-17-25-43(26-18-39)49-34-33-42-16-15-41-13-7-8-14-47(41)48(42)49/h1-34H. The fourth-order valence-electron chi connectivity index (χ4n) is 7.05. The van der Waals surface area contributed by atoms with E-state index in [2.05, 4.69) is 216 Å². The van der Waals surface area contributed by atoms with Crippen LogP contribution in [0.15, 0.2) is 206 Å². The number of aromatic nitrogens is 1. The Labute approximate surface area is 292 Å². The molecule has 1 heterocycles. The molecule has 9 aromatic rings. The number of anilines is 3. The number of rotatable bonds is 7. The lowest BCUT2D eigenvalue weighted by Gasteiger charge is -2.26. The van der Waals surface area contributed by atoms with Crippen molar-refractivity contribution in [3.63, 3.8) is 0 Å². The predicted octanol–water partition coefficient (Wildman–Crippen LogP) is 13.3. The second-order valence-electron chi connectivity index (χ2n) is 12.7. The molecule has 0 aliphatic carbocycles. The highest BCUT2D eigenvalue weighted by Gasteiger charge is 2.14. The first-order valence-electron chi connectivity index (χ1n) is 17.1. The Bertz CT molecular complexity index is 2450. The van der Waals surface area contributed by atoms with Gasteiger partial charge in [0, 0.05) is 39.7 Å². The van der Waals surface area contributed by atoms with Crippen molar-refractivity contribution < 1.29 is 0 Å². The van der Waals surface area contributed by atoms with Gasteiger partial charge in [-0.05, 0) is 93.4 Å². The molecule has 2 nitrogen and oxygen atoms in total. The van der Waals surface area contributed by atoms with Gasteiger partial charge in [0.2, 0.25) is 0 Å². The van der Waals surface area contributed by atoms with Gasteiger partial charge in [-0.3, -0.25) is 0 Å². The van der Waals surface area contributed by atoms with Gasteiger partial charge in [0.25, 0.3) is 0 Å². The molecule has 1 aromatic heterocycles. The first kappa shape index (κ1) is 29.5. The Kier molecular flexibility index (Phi) is 7.53. The summed E-state index contributed by atoms with van der Waals surface area (Å²) in [5, 5.41) is 3.77. The molecule has 0 saturated heterocycles. The molecule has 0 N–H and O–H groups in total. The Morgan fingerprint density at radius 2 is 0.700 bits per heavy atom. The van der Waals surface area contributed by atoms with E-state index in [9.17, 15) is 0 Å². The van der Waals surface area contributed by atoms with Crippen LogP contribution in [0.25, 0.3) is 60.7 Å². The quantitative estimate of drug-likeness (QED) is 0.169. The van der Waals surface area contributed by atoms with Crippen LogP contribution in [-0.4, -0.2) is 4.57 Å². The molecule has 2 heteroatoms. The maximum atomic E-state index is 2.33. The van der Waals surface area contributed by atoms with Crippen LogP contribution < -0.4 is 4.90 Å². The summed E-state index contributed by atoms with van der Waals surface area (Å²) in [7, 11) is 0. The largest absolute Gasteiger partial charge is 0.316 e. The van der Waals surface area contributed by atoms with E-state index in [1.807, 2.05) is 0 Å². The maximum Gasteiger partial charge on any atom is 0.0606 e. The molecule has 0 atom stereocenters. The monoisotopic (exact) mass is 638 g/mol. The molecule has 0 radical (unpaired) electrons. The van der Waals surface area contributed by atoms with Crippen molar-refractivity contribution in [3.8, 4) is 39.1 Å². The first-order valence-corrected chi connectivity index (χ1v) is 17.1. The zero-order valence-electron chi connectivity index (χ0n) is 27.5. The predicted molar refractivity (Wildman–Crippen MR) is 212 cm³/mol. The van der Waals surface area contributed by atoms with Gasteiger partial charge in [-0.2, -0.15) is 0 Å². The van der Waals surface area contributed by atoms with E-state index >= 15 is 0 Å². The second kappa shape index (κ2) is 12.8. The van der Waals surface area contributed by atoms with Crippen molar-refractivity contribution in [1.29, 1.82) is 0 Å². The molecule has 236 valence electrons. The molecule has 0 bridgehead atoms. The molecule has 9 rings (SSSR count). The molecular formula is C48H34N2. The number of fused-ring (bicyclic) bond motifs is 3. The van der Waals surface area contributed by atoms with Crippen LogP contribution in [0.2, 0.25) is 0 Å². The van der Waals surface area contributed by atoms with Crippen LogP contribution in [0.1, 0.15) is 0 Å². The minimum atomic E-state index is 1.11. The average Bonchev–Trinajstić information content (AvgIpc) is 3.65. The third-order valence-electron chi connectivity index (χ3n) is 9.65. The van der Waals surface area contributed by atoms with E-state index < -0.39 is 0 Å². The van der Waals surface area contributed by atoms with Crippen molar-refractivity contribution in [2.75, 3.05) is 4.90 Å². The summed E-state index contributed by atoms with van der Waals surface area (Å²) in [6.07, 6.45) is 2.17. The summed E-state index contributed by atoms with van der Waals surface area (Å²) < 4.78 is 2.30. The SMILES string of the molecule is c1ccc(-c2ccc(N(c3ccc(-c4ccccc4)cc3)c3ccc(-c4ccc(-n5ccc6ccc7ccccc7c65)cc4)cc3)cc2)cc1. The van der Waals surface area contributed by atoms with Crippen molar-refractivity contribution >= 4 is 38.7 Å². The van der Waals surface area contributed by atoms with E-state index in [-0.39, 0.29) is 0 Å². The normalized spacial score (nSPS) is 11.2. The van der Waals surface area contributed by atoms with Gasteiger partial charge in [0.15, 0.2) is 0 Å². The van der Waals surface area contributed by atoms with Gasteiger partial charge in [-0.1, -0.05) is 146 Å². The minimum absolute atomic E-state index is 1.11. The van der Waals surface area contributed by atoms with Crippen molar-refractivity contribution in [3.05, 3.63) is 206 Å². The summed E-state index contributed by atoms with van der Waals surface area (Å²) in [6, 6.07) is 71.8. The number of hydrogen-bond acceptors (Lipinski definition) is 1. The highest BCUT2D eigenvalue weighted by molar-refractivity contribution is 6.06. The zero-order chi connectivity index (χ0) is 33.3. The van der Waals surface area contributed by atoms with E-state index in [4.69, 9.17) is 0 Å². The van der Waals surface area contributed by atoms with Gasteiger partial charge in [-0.15, -0.1) is 0 Å². The van der Waals surface area contributed by atoms with Crippen LogP contribution in [0.3, 0.4) is 0 Å². The van der Waals surface area contributed by atoms with Crippen LogP contribution in [0.5, 0.6) is 0 Å². The van der Waals surface area contributed by atoms with E-state index in [1.165, 1.54) is 55.1 Å². The third-order valence-corrected chi connectivity index (χ3v) is 9.65. The average molecular weight is 639 g/mol. The zero-order valence-corrected chi connectivity index (χ0v) is 27.5. The van der Waals surface area contributed by atoms with Crippen LogP contribution >= 0.6 is 0 Å². The van der Waals surface area contributed by atoms with E-state index in [0.29, 0.717) is 0 Å². The number of benzene rings is 8. The Hall–Kier alpha value is -6.64. The summed E-state index contributed by atoms with van der Waals surface area (Å²) in [6.45, 7) is 0. The fraction of sp³-hybridized carbons (Fsp3) is 0. The molecule has 50 heavy (non-hydrogen) atoms. The van der Waals surface area contributed by atoms with Gasteiger partial charge >= 0.3 is 0 Å². The topological polar surface area (TPSA) is 8.17 Å². The van der Waals surface area contributed by atoms with Crippen LogP contribution in [0.4, 0.5) is 17.1 Å². The van der Waals surface area contributed by atoms with E-state index in [1.54, 1.807) is 0 Å². The van der Waals surface area contributed by atoms with Gasteiger partial charge in [0.05, 0.1) is 5.52 Å². The van der Waals surface area contributed by atoms with Crippen LogP contribution in [-0.2, 0) is 0 Å². The highest BCUT2D eigenvalue weighted by Crippen LogP contribution is 2.38. The number of nitrogens with zero attached hydrogens (tertiary/aromatic N) is 2. The minimum Gasteiger partial charge on any atom is -0.316 e. The third kappa shape index (κ3) is 5.53. The lowest BCUT2D eigenvalue weighted by Crippen LogP contribution is -2.09. The van der Waals surface area contributed by atoms with Crippen molar-refractivity contribution in [2.45, 2.75) is 0 Å². The molecule has 0 unspecified atom stereocenters. The molecule has 0 aliphatic heterocycles. The lowest BCUT2D eigenvalue weighted by atomic mass is 10.0. The van der Waals surface area contributed by atoms with Gasteiger partial charge in [-0.25, -0.2) is 0 Å². The maximum absolute atomic E-state index is 2.33. The number of hydrogen-bond donors (Lipinski definition) is 0. The molecule has 0 saturated carbocycles. The molecule has 8 aromatic carbocycles. The Morgan fingerprint density at radius 3 is 1.20 bits per heavy atom. The lowest BCUT2D eigenvalue weighted by molar-refractivity contribution is 1.13. The second-order valence-corrected chi connectivity index (χ2v) is 12.7. The summed E-state index contributed by atoms with van der Waals surface area (Å²) in [5.41, 5.74) is 12.9. The highest BCUT2D eigenvalue weighted by atomic mass is 15.1. The summed E-state index contributed by atoms with van der Waals surface area (Å²) >= 11 is 0. The molecule has 0 aliphatic rings. The Morgan fingerprint density at radius 1 is 0.300 bits per heavy atom. The van der Waals surface area contributed by atoms with Gasteiger partial charge < -0.3 is 9.47 Å².